The molecule has 158 valence electrons. The molecule has 1 aliphatic rings. The molecule has 0 fully saturated rings. The van der Waals surface area contributed by atoms with E-state index in [1.54, 1.807) is 24.3 Å². The van der Waals surface area contributed by atoms with E-state index in [1.165, 1.54) is 7.11 Å². The SMILES string of the molecule is COC(=O)C1=C(C(C)C)NC(=O)NC1c1ccccc1OCc1ccc(Cl)c(Cl)c1. The van der Waals surface area contributed by atoms with Crippen LogP contribution >= 0.6 is 23.2 Å². The predicted molar refractivity (Wildman–Crippen MR) is 116 cm³/mol. The highest BCUT2D eigenvalue weighted by Gasteiger charge is 2.35. The quantitative estimate of drug-likeness (QED) is 0.608. The number of methoxy groups -OCH3 is 1. The largest absolute Gasteiger partial charge is 0.489 e. The van der Waals surface area contributed by atoms with Crippen LogP contribution in [-0.2, 0) is 16.1 Å². The molecule has 1 atom stereocenters. The van der Waals surface area contributed by atoms with Gasteiger partial charge in [0.15, 0.2) is 0 Å². The van der Waals surface area contributed by atoms with Gasteiger partial charge in [-0.15, -0.1) is 0 Å². The van der Waals surface area contributed by atoms with Crippen molar-refractivity contribution in [1.82, 2.24) is 10.6 Å². The van der Waals surface area contributed by atoms with Gasteiger partial charge in [0.1, 0.15) is 12.4 Å². The van der Waals surface area contributed by atoms with Crippen LogP contribution in [0.4, 0.5) is 4.79 Å². The standard InChI is InChI=1S/C22H22Cl2N2O4/c1-12(2)19-18(21(27)29-3)20(26-22(28)25-19)14-6-4-5-7-17(14)30-11-13-8-9-15(23)16(24)10-13/h4-10,12,20H,11H2,1-3H3,(H2,25,26,28). The lowest BCUT2D eigenvalue weighted by Crippen LogP contribution is -2.47. The minimum atomic E-state index is -0.714. The molecule has 0 spiro atoms. The lowest BCUT2D eigenvalue weighted by molar-refractivity contribution is -0.136. The maximum atomic E-state index is 12.6. The normalized spacial score (nSPS) is 16.2. The molecule has 8 heteroatoms. The van der Waals surface area contributed by atoms with Gasteiger partial charge in [0.2, 0.25) is 0 Å². The molecule has 30 heavy (non-hydrogen) atoms. The fourth-order valence-corrected chi connectivity index (χ4v) is 3.57. The number of urea groups is 1. The molecule has 0 saturated carbocycles. The number of benzene rings is 2. The summed E-state index contributed by atoms with van der Waals surface area (Å²) in [5.41, 5.74) is 2.35. The number of carbonyl (C=O) groups excluding carboxylic acids is 2. The van der Waals surface area contributed by atoms with E-state index in [4.69, 9.17) is 32.7 Å². The van der Waals surface area contributed by atoms with Crippen molar-refractivity contribution in [3.05, 3.63) is 74.9 Å². The Bertz CT molecular complexity index is 1000. The summed E-state index contributed by atoms with van der Waals surface area (Å²) in [6, 6.07) is 11.4. The van der Waals surface area contributed by atoms with Gasteiger partial charge in [-0.25, -0.2) is 9.59 Å². The maximum absolute atomic E-state index is 12.6. The number of amides is 2. The molecule has 1 aliphatic heterocycles. The van der Waals surface area contributed by atoms with Crippen LogP contribution < -0.4 is 15.4 Å². The second-order valence-corrected chi connectivity index (χ2v) is 7.89. The Balaban J connectivity index is 1.98. The smallest absolute Gasteiger partial charge is 0.337 e. The second kappa shape index (κ2) is 9.41. The molecular weight excluding hydrogens is 427 g/mol. The molecule has 0 bridgehead atoms. The molecule has 1 heterocycles. The minimum absolute atomic E-state index is 0.0862. The number of ether oxygens (including phenoxy) is 2. The summed E-state index contributed by atoms with van der Waals surface area (Å²) in [4.78, 5) is 24.9. The van der Waals surface area contributed by atoms with Crippen molar-refractivity contribution in [3.63, 3.8) is 0 Å². The zero-order valence-corrected chi connectivity index (χ0v) is 18.3. The first-order valence-corrected chi connectivity index (χ1v) is 10.1. The number of allylic oxidation sites excluding steroid dienone is 1. The van der Waals surface area contributed by atoms with Crippen molar-refractivity contribution in [2.75, 3.05) is 7.11 Å². The van der Waals surface area contributed by atoms with Gasteiger partial charge in [0.05, 0.1) is 28.8 Å². The van der Waals surface area contributed by atoms with Crippen LogP contribution in [0.1, 0.15) is 31.0 Å². The maximum Gasteiger partial charge on any atom is 0.337 e. The molecule has 0 saturated heterocycles. The van der Waals surface area contributed by atoms with Crippen LogP contribution in [-0.4, -0.2) is 19.1 Å². The van der Waals surface area contributed by atoms with Crippen molar-refractivity contribution in [2.24, 2.45) is 5.92 Å². The third-order valence-electron chi connectivity index (χ3n) is 4.69. The highest BCUT2D eigenvalue weighted by Crippen LogP contribution is 2.35. The molecule has 3 rings (SSSR count). The number of nitrogens with one attached hydrogen (secondary N) is 2. The summed E-state index contributed by atoms with van der Waals surface area (Å²) in [5, 5.41) is 6.45. The number of carbonyl (C=O) groups is 2. The summed E-state index contributed by atoms with van der Waals surface area (Å²) < 4.78 is 11.0. The molecule has 2 aromatic carbocycles. The molecule has 6 nitrogen and oxygen atoms in total. The van der Waals surface area contributed by atoms with Crippen LogP contribution in [0.15, 0.2) is 53.7 Å². The average Bonchev–Trinajstić information content (AvgIpc) is 2.73. The van der Waals surface area contributed by atoms with Gasteiger partial charge in [-0.2, -0.15) is 0 Å². The number of hydrogen-bond acceptors (Lipinski definition) is 4. The number of halogens is 2. The van der Waals surface area contributed by atoms with Gasteiger partial charge in [0.25, 0.3) is 0 Å². The first kappa shape index (κ1) is 22.0. The monoisotopic (exact) mass is 448 g/mol. The summed E-state index contributed by atoms with van der Waals surface area (Å²) >= 11 is 12.0. The Morgan fingerprint density at radius 1 is 1.13 bits per heavy atom. The van der Waals surface area contributed by atoms with E-state index in [1.807, 2.05) is 32.0 Å². The van der Waals surface area contributed by atoms with E-state index in [2.05, 4.69) is 10.6 Å². The van der Waals surface area contributed by atoms with E-state index in [0.717, 1.165) is 5.56 Å². The summed E-state index contributed by atoms with van der Waals surface area (Å²) in [6.07, 6.45) is 0. The highest BCUT2D eigenvalue weighted by molar-refractivity contribution is 6.42. The first-order valence-electron chi connectivity index (χ1n) is 9.37. The summed E-state index contributed by atoms with van der Waals surface area (Å²) in [7, 11) is 1.31. The molecule has 2 aromatic rings. The van der Waals surface area contributed by atoms with E-state index in [0.29, 0.717) is 32.6 Å². The molecule has 2 N–H and O–H groups in total. The molecule has 0 radical (unpaired) electrons. The van der Waals surface area contributed by atoms with E-state index >= 15 is 0 Å². The number of para-hydroxylation sites is 1. The van der Waals surface area contributed by atoms with Crippen molar-refractivity contribution >= 4 is 35.2 Å². The minimum Gasteiger partial charge on any atom is -0.489 e. The van der Waals surface area contributed by atoms with E-state index < -0.39 is 18.0 Å². The number of rotatable bonds is 6. The van der Waals surface area contributed by atoms with Crippen LogP contribution in [0.2, 0.25) is 10.0 Å². The topological polar surface area (TPSA) is 76.7 Å². The molecule has 0 aromatic heterocycles. The van der Waals surface area contributed by atoms with Gasteiger partial charge < -0.3 is 20.1 Å². The van der Waals surface area contributed by atoms with Gasteiger partial charge >= 0.3 is 12.0 Å². The fraction of sp³-hybridized carbons (Fsp3) is 0.273. The van der Waals surface area contributed by atoms with Crippen molar-refractivity contribution in [3.8, 4) is 5.75 Å². The van der Waals surface area contributed by atoms with Crippen LogP contribution in [0, 0.1) is 5.92 Å². The van der Waals surface area contributed by atoms with E-state index in [-0.39, 0.29) is 12.5 Å². The Kier molecular flexibility index (Phi) is 6.90. The Morgan fingerprint density at radius 2 is 1.87 bits per heavy atom. The zero-order chi connectivity index (χ0) is 21.8. The van der Waals surface area contributed by atoms with Crippen molar-refractivity contribution in [2.45, 2.75) is 26.5 Å². The lowest BCUT2D eigenvalue weighted by Gasteiger charge is -2.31. The predicted octanol–water partition coefficient (Wildman–Crippen LogP) is 5.01. The second-order valence-electron chi connectivity index (χ2n) is 7.08. The van der Waals surface area contributed by atoms with Gasteiger partial charge in [-0.3, -0.25) is 0 Å². The summed E-state index contributed by atoms with van der Waals surface area (Å²) in [5.74, 6) is -0.0762. The lowest BCUT2D eigenvalue weighted by atomic mass is 9.91. The molecule has 2 amide bonds. The fourth-order valence-electron chi connectivity index (χ4n) is 3.25. The average molecular weight is 449 g/mol. The Hall–Kier alpha value is -2.70. The third kappa shape index (κ3) is 4.71. The van der Waals surface area contributed by atoms with Gasteiger partial charge in [-0.1, -0.05) is 61.3 Å². The van der Waals surface area contributed by atoms with Gasteiger partial charge in [0, 0.05) is 11.3 Å². The van der Waals surface area contributed by atoms with Crippen LogP contribution in [0.5, 0.6) is 5.75 Å². The molecular formula is C22H22Cl2N2O4. The Labute approximate surface area is 185 Å². The zero-order valence-electron chi connectivity index (χ0n) is 16.8. The molecule has 1 unspecified atom stereocenters. The first-order chi connectivity index (χ1) is 14.3. The van der Waals surface area contributed by atoms with Crippen molar-refractivity contribution in [1.29, 1.82) is 0 Å². The van der Waals surface area contributed by atoms with E-state index in [9.17, 15) is 9.59 Å². The van der Waals surface area contributed by atoms with Gasteiger partial charge in [-0.05, 0) is 29.7 Å². The number of hydrogen-bond donors (Lipinski definition) is 2. The Morgan fingerprint density at radius 3 is 2.53 bits per heavy atom. The van der Waals surface area contributed by atoms with Crippen LogP contribution in [0.25, 0.3) is 0 Å². The van der Waals surface area contributed by atoms with Crippen LogP contribution in [0.3, 0.4) is 0 Å². The number of esters is 1. The summed E-state index contributed by atoms with van der Waals surface area (Å²) in [6.45, 7) is 4.03. The third-order valence-corrected chi connectivity index (χ3v) is 5.43. The molecule has 0 aliphatic carbocycles. The highest BCUT2D eigenvalue weighted by atomic mass is 35.5. The van der Waals surface area contributed by atoms with Crippen molar-refractivity contribution < 1.29 is 19.1 Å².